The first-order valence-electron chi connectivity index (χ1n) is 11.1. The number of carbonyl (C=O) groups is 1. The highest BCUT2D eigenvalue weighted by atomic mass is 19.1. The molecule has 8 nitrogen and oxygen atoms in total. The van der Waals surface area contributed by atoms with Crippen molar-refractivity contribution in [3.8, 4) is 5.69 Å². The van der Waals surface area contributed by atoms with Crippen molar-refractivity contribution in [2.45, 2.75) is 19.4 Å². The van der Waals surface area contributed by atoms with Gasteiger partial charge in [-0.3, -0.25) is 9.78 Å². The number of nitrogens with one attached hydrogen (secondary N) is 1. The van der Waals surface area contributed by atoms with Crippen LogP contribution in [0.5, 0.6) is 0 Å². The fraction of sp³-hybridized carbons (Fsp3) is 0.280. The zero-order valence-electron chi connectivity index (χ0n) is 19.4. The van der Waals surface area contributed by atoms with Crippen LogP contribution in [0.4, 0.5) is 10.2 Å². The molecule has 3 aromatic heterocycles. The number of likely N-dealkylation sites (N-methyl/N-ethyl adjacent to an activating group) is 1. The quantitative estimate of drug-likeness (QED) is 0.406. The average Bonchev–Trinajstić information content (AvgIpc) is 3.30. The lowest BCUT2D eigenvalue weighted by atomic mass is 10.0. The Balaban J connectivity index is 1.58. The summed E-state index contributed by atoms with van der Waals surface area (Å²) >= 11 is 0. The van der Waals surface area contributed by atoms with Gasteiger partial charge in [-0.25, -0.2) is 14.1 Å². The molecule has 0 aliphatic carbocycles. The molecule has 4 aromatic rings. The second-order valence-corrected chi connectivity index (χ2v) is 7.95. The number of anilines is 1. The van der Waals surface area contributed by atoms with E-state index in [4.69, 9.17) is 4.74 Å². The minimum atomic E-state index is -0.326. The molecule has 4 rings (SSSR count). The molecule has 0 radical (unpaired) electrons. The number of fused-ring (bicyclic) bond motifs is 1. The third kappa shape index (κ3) is 4.89. The highest BCUT2D eigenvalue weighted by Gasteiger charge is 2.19. The number of pyridine rings is 2. The summed E-state index contributed by atoms with van der Waals surface area (Å²) < 4.78 is 20.1. The topological polar surface area (TPSA) is 85.2 Å². The Kier molecular flexibility index (Phi) is 7.12. The zero-order chi connectivity index (χ0) is 24.1. The van der Waals surface area contributed by atoms with Crippen molar-refractivity contribution in [1.29, 1.82) is 0 Å². The summed E-state index contributed by atoms with van der Waals surface area (Å²) in [7, 11) is 3.62. The Labute approximate surface area is 197 Å². The van der Waals surface area contributed by atoms with E-state index in [1.54, 1.807) is 42.5 Å². The lowest BCUT2D eigenvalue weighted by Crippen LogP contribution is -2.29. The van der Waals surface area contributed by atoms with E-state index < -0.39 is 0 Å². The number of amides is 1. The normalized spacial score (nSPS) is 12.0. The maximum absolute atomic E-state index is 13.3. The number of hydrogen-bond donors (Lipinski definition) is 1. The molecule has 0 bridgehead atoms. The third-order valence-electron chi connectivity index (χ3n) is 5.72. The van der Waals surface area contributed by atoms with Crippen LogP contribution in [-0.2, 0) is 4.74 Å². The van der Waals surface area contributed by atoms with Crippen molar-refractivity contribution in [2.75, 3.05) is 32.2 Å². The first-order chi connectivity index (χ1) is 16.5. The largest absolute Gasteiger partial charge is 0.383 e. The lowest BCUT2D eigenvalue weighted by molar-refractivity contribution is 0.0937. The summed E-state index contributed by atoms with van der Waals surface area (Å²) in [5, 5.41) is 8.19. The number of ether oxygens (including phenoxy) is 1. The first-order valence-corrected chi connectivity index (χ1v) is 11.1. The summed E-state index contributed by atoms with van der Waals surface area (Å²) in [4.78, 5) is 24.0. The smallest absolute Gasteiger partial charge is 0.254 e. The van der Waals surface area contributed by atoms with Gasteiger partial charge in [0.15, 0.2) is 0 Å². The minimum Gasteiger partial charge on any atom is -0.383 e. The van der Waals surface area contributed by atoms with Crippen LogP contribution in [0.15, 0.2) is 61.2 Å². The third-order valence-corrected chi connectivity index (χ3v) is 5.72. The number of carbonyl (C=O) groups excluding carboxylic acids is 1. The SMILES string of the molecule is CC[C@H](NC(=O)c1cncc2c1cnn2-c1ccc(F)cc1)c1ccnc(N(C)CCOC)c1. The summed E-state index contributed by atoms with van der Waals surface area (Å²) in [5.41, 5.74) is 2.74. The standard InChI is InChI=1S/C25H27FN6O2/c1-4-22(17-9-10-28-24(13-17)31(2)11-12-34-3)30-25(33)21-14-27-16-23-20(21)15-29-32(23)19-7-5-18(26)6-8-19/h5-10,13-16,22H,4,11-12H2,1-3H3,(H,30,33)/t22-/m0/s1. The van der Waals surface area contributed by atoms with Gasteiger partial charge in [0.25, 0.3) is 5.91 Å². The van der Waals surface area contributed by atoms with E-state index in [9.17, 15) is 9.18 Å². The van der Waals surface area contributed by atoms with Crippen LogP contribution in [0.25, 0.3) is 16.6 Å². The van der Waals surface area contributed by atoms with Gasteiger partial charge in [-0.05, 0) is 48.4 Å². The van der Waals surface area contributed by atoms with Crippen molar-refractivity contribution >= 4 is 22.6 Å². The molecular weight excluding hydrogens is 435 g/mol. The molecule has 1 aromatic carbocycles. The number of nitrogens with zero attached hydrogens (tertiary/aromatic N) is 5. The number of methoxy groups -OCH3 is 1. The second-order valence-electron chi connectivity index (χ2n) is 7.95. The molecule has 0 spiro atoms. The van der Waals surface area contributed by atoms with Crippen molar-refractivity contribution in [3.05, 3.63) is 78.1 Å². The molecule has 1 atom stereocenters. The van der Waals surface area contributed by atoms with E-state index in [1.165, 1.54) is 18.3 Å². The monoisotopic (exact) mass is 462 g/mol. The molecule has 176 valence electrons. The van der Waals surface area contributed by atoms with Gasteiger partial charge in [0.2, 0.25) is 0 Å². The van der Waals surface area contributed by atoms with Gasteiger partial charge in [0.1, 0.15) is 11.6 Å². The van der Waals surface area contributed by atoms with Crippen LogP contribution in [-0.4, -0.2) is 53.0 Å². The summed E-state index contributed by atoms with van der Waals surface area (Å²) in [6.45, 7) is 3.33. The molecule has 9 heteroatoms. The van der Waals surface area contributed by atoms with Gasteiger partial charge in [0.05, 0.1) is 41.8 Å². The van der Waals surface area contributed by atoms with E-state index in [0.29, 0.717) is 41.7 Å². The number of halogens is 1. The van der Waals surface area contributed by atoms with E-state index in [1.807, 2.05) is 31.0 Å². The predicted octanol–water partition coefficient (Wildman–Crippen LogP) is 3.92. The molecular formula is C25H27FN6O2. The molecule has 1 N–H and O–H groups in total. The van der Waals surface area contributed by atoms with Crippen molar-refractivity contribution in [1.82, 2.24) is 25.1 Å². The van der Waals surface area contributed by atoms with Gasteiger partial charge >= 0.3 is 0 Å². The first kappa shape index (κ1) is 23.3. The average molecular weight is 463 g/mol. The van der Waals surface area contributed by atoms with Crippen molar-refractivity contribution in [2.24, 2.45) is 0 Å². The maximum Gasteiger partial charge on any atom is 0.254 e. The Morgan fingerprint density at radius 3 is 2.74 bits per heavy atom. The van der Waals surface area contributed by atoms with Crippen LogP contribution in [0.1, 0.15) is 35.3 Å². The predicted molar refractivity (Wildman–Crippen MR) is 129 cm³/mol. The molecule has 0 fully saturated rings. The molecule has 1 amide bonds. The van der Waals surface area contributed by atoms with Gasteiger partial charge in [-0.1, -0.05) is 6.92 Å². The van der Waals surface area contributed by atoms with E-state index in [2.05, 4.69) is 20.4 Å². The van der Waals surface area contributed by atoms with Crippen LogP contribution in [0.2, 0.25) is 0 Å². The Hall–Kier alpha value is -3.85. The molecule has 0 aliphatic heterocycles. The number of aromatic nitrogens is 4. The van der Waals surface area contributed by atoms with Gasteiger partial charge in [-0.15, -0.1) is 0 Å². The van der Waals surface area contributed by atoms with Gasteiger partial charge < -0.3 is 15.0 Å². The zero-order valence-corrected chi connectivity index (χ0v) is 19.4. The van der Waals surface area contributed by atoms with Crippen LogP contribution < -0.4 is 10.2 Å². The molecule has 0 unspecified atom stereocenters. The second kappa shape index (κ2) is 10.4. The van der Waals surface area contributed by atoms with Crippen LogP contribution in [0, 0.1) is 5.82 Å². The van der Waals surface area contributed by atoms with Gasteiger partial charge in [-0.2, -0.15) is 5.10 Å². The molecule has 0 saturated carbocycles. The number of hydrogen-bond acceptors (Lipinski definition) is 6. The molecule has 34 heavy (non-hydrogen) atoms. The number of rotatable bonds is 9. The fourth-order valence-corrected chi connectivity index (χ4v) is 3.77. The summed E-state index contributed by atoms with van der Waals surface area (Å²) in [5.74, 6) is 0.245. The van der Waals surface area contributed by atoms with E-state index in [-0.39, 0.29) is 17.8 Å². The minimum absolute atomic E-state index is 0.201. The molecule has 0 saturated heterocycles. The maximum atomic E-state index is 13.3. The van der Waals surface area contributed by atoms with Crippen molar-refractivity contribution < 1.29 is 13.9 Å². The summed E-state index contributed by atoms with van der Waals surface area (Å²) in [6.07, 6.45) is 7.26. The Morgan fingerprint density at radius 1 is 1.21 bits per heavy atom. The molecule has 0 aliphatic rings. The fourth-order valence-electron chi connectivity index (χ4n) is 3.77. The highest BCUT2D eigenvalue weighted by Crippen LogP contribution is 2.24. The van der Waals surface area contributed by atoms with Gasteiger partial charge in [0, 0.05) is 38.5 Å². The highest BCUT2D eigenvalue weighted by molar-refractivity contribution is 6.06. The Morgan fingerprint density at radius 2 is 2.00 bits per heavy atom. The van der Waals surface area contributed by atoms with E-state index in [0.717, 1.165) is 11.4 Å². The molecule has 3 heterocycles. The lowest BCUT2D eigenvalue weighted by Gasteiger charge is -2.21. The van der Waals surface area contributed by atoms with Crippen molar-refractivity contribution in [3.63, 3.8) is 0 Å². The summed E-state index contributed by atoms with van der Waals surface area (Å²) in [6, 6.07) is 9.69. The Bertz CT molecular complexity index is 1270. The number of benzene rings is 1. The van der Waals surface area contributed by atoms with E-state index >= 15 is 0 Å². The van der Waals surface area contributed by atoms with Crippen LogP contribution >= 0.6 is 0 Å². The van der Waals surface area contributed by atoms with Crippen LogP contribution in [0.3, 0.4) is 0 Å².